The summed E-state index contributed by atoms with van der Waals surface area (Å²) in [6.07, 6.45) is 9.16. The average Bonchev–Trinajstić information content (AvgIpc) is 3.38. The number of nitrogens with zero attached hydrogens (tertiary/aromatic N) is 4. The third-order valence-electron chi connectivity index (χ3n) is 8.24. The number of nitrogens with one attached hydrogen (secondary N) is 1. The summed E-state index contributed by atoms with van der Waals surface area (Å²) in [5.41, 5.74) is 3.58. The van der Waals surface area contributed by atoms with E-state index < -0.39 is 0 Å². The van der Waals surface area contributed by atoms with E-state index in [0.29, 0.717) is 0 Å². The number of amides is 1. The van der Waals surface area contributed by atoms with Crippen LogP contribution in [0, 0.1) is 0 Å². The molecule has 1 fully saturated rings. The molecule has 228 valence electrons. The molecule has 5 rings (SSSR count). The molecule has 3 aromatic carbocycles. The van der Waals surface area contributed by atoms with Crippen molar-refractivity contribution in [3.05, 3.63) is 78.4 Å². The molecular formula is C36H47N5O2. The number of fused-ring (bicyclic) bond motifs is 1. The van der Waals surface area contributed by atoms with Crippen LogP contribution in [0.4, 0.5) is 11.6 Å². The molecule has 0 saturated carbocycles. The first-order valence-electron chi connectivity index (χ1n) is 16.3. The number of likely N-dealkylation sites (tertiary alicyclic amines) is 1. The maximum atomic E-state index is 13.7. The number of imidazole rings is 1. The third-order valence-corrected chi connectivity index (χ3v) is 8.24. The van der Waals surface area contributed by atoms with Crippen LogP contribution in [0.3, 0.4) is 0 Å². The minimum Gasteiger partial charge on any atom is -0.457 e. The Morgan fingerprint density at radius 2 is 1.53 bits per heavy atom. The quantitative estimate of drug-likeness (QED) is 0.153. The Bertz CT molecular complexity index is 1420. The highest BCUT2D eigenvalue weighted by atomic mass is 16.5. The molecule has 0 radical (unpaired) electrons. The number of ether oxygens (including phenoxy) is 1. The molecule has 0 unspecified atom stereocenters. The van der Waals surface area contributed by atoms with Gasteiger partial charge in [0.1, 0.15) is 11.5 Å². The molecule has 1 aliphatic heterocycles. The Morgan fingerprint density at radius 3 is 2.23 bits per heavy atom. The fourth-order valence-electron chi connectivity index (χ4n) is 5.77. The zero-order valence-corrected chi connectivity index (χ0v) is 25.9. The van der Waals surface area contributed by atoms with Crippen LogP contribution in [0.25, 0.3) is 11.0 Å². The van der Waals surface area contributed by atoms with Crippen LogP contribution in [0.1, 0.15) is 75.6 Å². The van der Waals surface area contributed by atoms with Crippen molar-refractivity contribution in [2.45, 2.75) is 71.8 Å². The number of piperidine rings is 1. The lowest BCUT2D eigenvalue weighted by molar-refractivity contribution is 0.0751. The van der Waals surface area contributed by atoms with Crippen LogP contribution >= 0.6 is 0 Å². The predicted molar refractivity (Wildman–Crippen MR) is 177 cm³/mol. The first-order chi connectivity index (χ1) is 21.1. The number of carbonyl (C=O) groups is 1. The Balaban J connectivity index is 1.38. The van der Waals surface area contributed by atoms with Gasteiger partial charge in [-0.1, -0.05) is 51.3 Å². The van der Waals surface area contributed by atoms with Gasteiger partial charge in [0.05, 0.1) is 11.0 Å². The van der Waals surface area contributed by atoms with E-state index in [1.54, 1.807) is 0 Å². The molecule has 0 spiro atoms. The van der Waals surface area contributed by atoms with E-state index in [1.807, 2.05) is 71.6 Å². The van der Waals surface area contributed by atoms with Gasteiger partial charge >= 0.3 is 0 Å². The minimum atomic E-state index is 0.119. The van der Waals surface area contributed by atoms with E-state index in [1.165, 1.54) is 32.4 Å². The van der Waals surface area contributed by atoms with Crippen molar-refractivity contribution >= 4 is 28.6 Å². The van der Waals surface area contributed by atoms with Gasteiger partial charge in [0.15, 0.2) is 0 Å². The second-order valence-corrected chi connectivity index (χ2v) is 11.6. The number of anilines is 2. The lowest BCUT2D eigenvalue weighted by Gasteiger charge is -2.26. The smallest absolute Gasteiger partial charge is 0.253 e. The second kappa shape index (κ2) is 15.6. The Kier molecular flexibility index (Phi) is 11.1. The minimum absolute atomic E-state index is 0.119. The van der Waals surface area contributed by atoms with Gasteiger partial charge < -0.3 is 24.4 Å². The summed E-state index contributed by atoms with van der Waals surface area (Å²) in [4.78, 5) is 23.3. The molecule has 1 saturated heterocycles. The van der Waals surface area contributed by atoms with E-state index in [4.69, 9.17) is 9.72 Å². The van der Waals surface area contributed by atoms with Gasteiger partial charge in [-0.05, 0) is 106 Å². The first-order valence-corrected chi connectivity index (χ1v) is 16.3. The molecular weight excluding hydrogens is 534 g/mol. The maximum Gasteiger partial charge on any atom is 0.253 e. The maximum absolute atomic E-state index is 13.7. The summed E-state index contributed by atoms with van der Waals surface area (Å²) in [5, 5.41) is 3.56. The number of benzene rings is 3. The SMILES string of the molecule is CCCCN(CCCC)C(=O)c1ccc2nc(Nc3ccc(Oc4ccccc4)cc3)n(CCCN3CCCCC3)c2c1. The van der Waals surface area contributed by atoms with Crippen molar-refractivity contribution in [3.63, 3.8) is 0 Å². The van der Waals surface area contributed by atoms with Gasteiger partial charge in [-0.3, -0.25) is 4.79 Å². The van der Waals surface area contributed by atoms with Crippen molar-refractivity contribution in [2.24, 2.45) is 0 Å². The number of aromatic nitrogens is 2. The molecule has 0 aliphatic carbocycles. The summed E-state index contributed by atoms with van der Waals surface area (Å²) >= 11 is 0. The molecule has 4 aromatic rings. The van der Waals surface area contributed by atoms with Gasteiger partial charge in [-0.2, -0.15) is 0 Å². The fourth-order valence-corrected chi connectivity index (χ4v) is 5.77. The Hall–Kier alpha value is -3.84. The molecule has 1 amide bonds. The normalized spacial score (nSPS) is 13.7. The van der Waals surface area contributed by atoms with Crippen LogP contribution in [0.5, 0.6) is 11.5 Å². The van der Waals surface area contributed by atoms with Crippen molar-refractivity contribution in [1.82, 2.24) is 19.4 Å². The highest BCUT2D eigenvalue weighted by Crippen LogP contribution is 2.28. The van der Waals surface area contributed by atoms with E-state index in [0.717, 1.165) is 98.0 Å². The number of rotatable bonds is 15. The molecule has 1 aliphatic rings. The summed E-state index contributed by atoms with van der Waals surface area (Å²) < 4.78 is 8.24. The van der Waals surface area contributed by atoms with Crippen molar-refractivity contribution in [3.8, 4) is 11.5 Å². The standard InChI is InChI=1S/C36H47N5O2/c1-3-5-25-40(26-6-4-2)35(42)29-16-21-33-34(28-29)41(27-13-24-39-22-11-8-12-23-39)36(38-33)37-30-17-19-32(20-18-30)43-31-14-9-7-10-15-31/h7,9-10,14-21,28H,3-6,8,11-13,22-27H2,1-2H3,(H,37,38). The van der Waals surface area contributed by atoms with E-state index in [-0.39, 0.29) is 5.91 Å². The van der Waals surface area contributed by atoms with Crippen LogP contribution in [-0.4, -0.2) is 58.0 Å². The van der Waals surface area contributed by atoms with Gasteiger partial charge in [-0.15, -0.1) is 0 Å². The summed E-state index contributed by atoms with van der Waals surface area (Å²) in [6, 6.07) is 23.8. The van der Waals surface area contributed by atoms with Gasteiger partial charge in [-0.25, -0.2) is 4.98 Å². The second-order valence-electron chi connectivity index (χ2n) is 11.6. The largest absolute Gasteiger partial charge is 0.457 e. The Labute approximate surface area is 256 Å². The zero-order valence-electron chi connectivity index (χ0n) is 25.9. The number of carbonyl (C=O) groups excluding carboxylic acids is 1. The van der Waals surface area contributed by atoms with E-state index in [2.05, 4.69) is 34.7 Å². The number of unbranched alkanes of at least 4 members (excludes halogenated alkanes) is 2. The summed E-state index contributed by atoms with van der Waals surface area (Å²) in [6.45, 7) is 10.3. The van der Waals surface area contributed by atoms with Crippen LogP contribution in [-0.2, 0) is 6.54 Å². The molecule has 1 N–H and O–H groups in total. The monoisotopic (exact) mass is 581 g/mol. The summed E-state index contributed by atoms with van der Waals surface area (Å²) in [7, 11) is 0. The fraction of sp³-hybridized carbons (Fsp3) is 0.444. The van der Waals surface area contributed by atoms with Gasteiger partial charge in [0.2, 0.25) is 5.95 Å². The predicted octanol–water partition coefficient (Wildman–Crippen LogP) is 8.49. The molecule has 0 atom stereocenters. The van der Waals surface area contributed by atoms with Crippen LogP contribution in [0.2, 0.25) is 0 Å². The molecule has 0 bridgehead atoms. The van der Waals surface area contributed by atoms with Crippen molar-refractivity contribution in [2.75, 3.05) is 38.0 Å². The Morgan fingerprint density at radius 1 is 0.837 bits per heavy atom. The number of hydrogen-bond donors (Lipinski definition) is 1. The molecule has 2 heterocycles. The summed E-state index contributed by atoms with van der Waals surface area (Å²) in [5.74, 6) is 2.51. The highest BCUT2D eigenvalue weighted by molar-refractivity contribution is 5.98. The lowest BCUT2D eigenvalue weighted by Crippen LogP contribution is -2.33. The van der Waals surface area contributed by atoms with Crippen LogP contribution < -0.4 is 10.1 Å². The lowest BCUT2D eigenvalue weighted by atomic mass is 10.1. The van der Waals surface area contributed by atoms with Gasteiger partial charge in [0.25, 0.3) is 5.91 Å². The van der Waals surface area contributed by atoms with Crippen molar-refractivity contribution in [1.29, 1.82) is 0 Å². The van der Waals surface area contributed by atoms with E-state index >= 15 is 0 Å². The number of para-hydroxylation sites is 1. The average molecular weight is 582 g/mol. The highest BCUT2D eigenvalue weighted by Gasteiger charge is 2.19. The van der Waals surface area contributed by atoms with Gasteiger partial charge in [0, 0.05) is 30.9 Å². The zero-order chi connectivity index (χ0) is 29.9. The molecule has 1 aromatic heterocycles. The number of aryl methyl sites for hydroxylation is 1. The molecule has 7 heteroatoms. The van der Waals surface area contributed by atoms with E-state index in [9.17, 15) is 4.79 Å². The molecule has 7 nitrogen and oxygen atoms in total. The van der Waals surface area contributed by atoms with Crippen LogP contribution in [0.15, 0.2) is 72.8 Å². The number of hydrogen-bond acceptors (Lipinski definition) is 5. The third kappa shape index (κ3) is 8.38. The topological polar surface area (TPSA) is 62.6 Å². The molecule has 43 heavy (non-hydrogen) atoms. The van der Waals surface area contributed by atoms with Crippen molar-refractivity contribution < 1.29 is 9.53 Å². The first kappa shape index (κ1) is 30.6.